The molecule has 0 aliphatic carbocycles. The second-order valence-electron chi connectivity index (χ2n) is 4.63. The molecule has 0 spiro atoms. The Morgan fingerprint density at radius 1 is 1.06 bits per heavy atom. The van der Waals surface area contributed by atoms with Crippen LogP contribution < -0.4 is 5.32 Å². The van der Waals surface area contributed by atoms with E-state index in [1.807, 2.05) is 26.4 Å². The van der Waals surface area contributed by atoms with Crippen molar-refractivity contribution in [3.8, 4) is 0 Å². The molecule has 1 atom stereocenters. The molecule has 0 fully saturated rings. The highest BCUT2D eigenvalue weighted by Crippen LogP contribution is 2.23. The van der Waals surface area contributed by atoms with Crippen LogP contribution >= 0.6 is 0 Å². The topological polar surface area (TPSA) is 37.8 Å². The molecule has 0 saturated carbocycles. The lowest BCUT2D eigenvalue weighted by molar-refractivity contribution is 0.641. The largest absolute Gasteiger partial charge is 0.307 e. The van der Waals surface area contributed by atoms with Gasteiger partial charge >= 0.3 is 0 Å². The number of aryl methyl sites for hydroxylation is 2. The van der Waals surface area contributed by atoms with Crippen molar-refractivity contribution in [3.63, 3.8) is 0 Å². The number of hydrogen-bond donors (Lipinski definition) is 1. The van der Waals surface area contributed by atoms with Gasteiger partial charge in [-0.25, -0.2) is 9.97 Å². The summed E-state index contributed by atoms with van der Waals surface area (Å²) in [5.41, 5.74) is 4.90. The molecule has 94 valence electrons. The van der Waals surface area contributed by atoms with Gasteiger partial charge in [0.2, 0.25) is 0 Å². The normalized spacial score (nSPS) is 12.4. The molecular formula is C15H19N3. The molecule has 0 aliphatic heterocycles. The highest BCUT2D eigenvalue weighted by molar-refractivity contribution is 5.37. The Balaban J connectivity index is 2.45. The van der Waals surface area contributed by atoms with Crippen LogP contribution in [-0.4, -0.2) is 17.0 Å². The Morgan fingerprint density at radius 2 is 1.72 bits per heavy atom. The Kier molecular flexibility index (Phi) is 3.72. The van der Waals surface area contributed by atoms with Crippen molar-refractivity contribution in [2.45, 2.75) is 26.8 Å². The lowest BCUT2D eigenvalue weighted by Gasteiger charge is -2.18. The van der Waals surface area contributed by atoms with Crippen LogP contribution in [-0.2, 0) is 0 Å². The van der Waals surface area contributed by atoms with Crippen molar-refractivity contribution in [2.24, 2.45) is 0 Å². The minimum Gasteiger partial charge on any atom is -0.307 e. The highest BCUT2D eigenvalue weighted by atomic mass is 15.0. The second kappa shape index (κ2) is 5.27. The molecule has 0 aliphatic rings. The van der Waals surface area contributed by atoms with Gasteiger partial charge in [-0.3, -0.25) is 0 Å². The Bertz CT molecular complexity index is 532. The average Bonchev–Trinajstić information content (AvgIpc) is 2.37. The van der Waals surface area contributed by atoms with Crippen molar-refractivity contribution in [2.75, 3.05) is 7.05 Å². The summed E-state index contributed by atoms with van der Waals surface area (Å²) in [6, 6.07) is 6.38. The highest BCUT2D eigenvalue weighted by Gasteiger charge is 2.17. The molecule has 3 heteroatoms. The maximum Gasteiger partial charge on any atom is 0.149 e. The quantitative estimate of drug-likeness (QED) is 0.897. The van der Waals surface area contributed by atoms with Crippen LogP contribution in [0.2, 0.25) is 0 Å². The van der Waals surface area contributed by atoms with Gasteiger partial charge in [-0.05, 0) is 50.1 Å². The zero-order valence-electron chi connectivity index (χ0n) is 11.4. The van der Waals surface area contributed by atoms with Crippen molar-refractivity contribution < 1.29 is 0 Å². The van der Waals surface area contributed by atoms with E-state index in [1.54, 1.807) is 0 Å². The molecule has 2 rings (SSSR count). The number of rotatable bonds is 3. The Hall–Kier alpha value is -1.74. The predicted octanol–water partition coefficient (Wildman–Crippen LogP) is 2.71. The molecule has 1 heterocycles. The van der Waals surface area contributed by atoms with Crippen LogP contribution in [0.4, 0.5) is 0 Å². The van der Waals surface area contributed by atoms with Gasteiger partial charge in [-0.15, -0.1) is 0 Å². The van der Waals surface area contributed by atoms with Crippen LogP contribution in [0.3, 0.4) is 0 Å². The maximum atomic E-state index is 4.42. The van der Waals surface area contributed by atoms with E-state index in [0.717, 1.165) is 11.4 Å². The molecule has 1 N–H and O–H groups in total. The molecule has 0 saturated heterocycles. The van der Waals surface area contributed by atoms with E-state index in [2.05, 4.69) is 47.3 Å². The molecule has 2 aromatic rings. The molecule has 18 heavy (non-hydrogen) atoms. The van der Waals surface area contributed by atoms with Gasteiger partial charge in [0.25, 0.3) is 0 Å². The fourth-order valence-corrected chi connectivity index (χ4v) is 2.06. The fourth-order valence-electron chi connectivity index (χ4n) is 2.06. The van der Waals surface area contributed by atoms with E-state index in [0.29, 0.717) is 0 Å². The lowest BCUT2D eigenvalue weighted by atomic mass is 9.97. The zero-order valence-corrected chi connectivity index (χ0v) is 11.4. The molecule has 0 bridgehead atoms. The monoisotopic (exact) mass is 241 g/mol. The van der Waals surface area contributed by atoms with Crippen LogP contribution in [0.25, 0.3) is 0 Å². The molecule has 1 unspecified atom stereocenters. The molecule has 1 aromatic heterocycles. The molecule has 3 nitrogen and oxygen atoms in total. The number of aromatic nitrogens is 2. The first kappa shape index (κ1) is 12.7. The van der Waals surface area contributed by atoms with Crippen LogP contribution in [0.1, 0.15) is 34.1 Å². The SMILES string of the molecule is CNC(c1ncc(C)cn1)c1cccc(C)c1C. The summed E-state index contributed by atoms with van der Waals surface area (Å²) < 4.78 is 0. The first-order valence-electron chi connectivity index (χ1n) is 6.15. The summed E-state index contributed by atoms with van der Waals surface area (Å²) in [5, 5.41) is 3.30. The van der Waals surface area contributed by atoms with Gasteiger partial charge in [0, 0.05) is 12.4 Å². The van der Waals surface area contributed by atoms with E-state index in [9.17, 15) is 0 Å². The number of nitrogens with one attached hydrogen (secondary N) is 1. The summed E-state index contributed by atoms with van der Waals surface area (Å²) in [5.74, 6) is 0.816. The van der Waals surface area contributed by atoms with Gasteiger partial charge < -0.3 is 5.32 Å². The first-order chi connectivity index (χ1) is 8.63. The average molecular weight is 241 g/mol. The van der Waals surface area contributed by atoms with Gasteiger partial charge in [0.1, 0.15) is 5.82 Å². The van der Waals surface area contributed by atoms with E-state index >= 15 is 0 Å². The van der Waals surface area contributed by atoms with Gasteiger partial charge in [0.05, 0.1) is 6.04 Å². The standard InChI is InChI=1S/C15H19N3/c1-10-8-17-15(18-9-10)14(16-4)13-7-5-6-11(2)12(13)3/h5-9,14,16H,1-4H3. The van der Waals surface area contributed by atoms with Crippen LogP contribution in [0.5, 0.6) is 0 Å². The molecular weight excluding hydrogens is 222 g/mol. The number of benzene rings is 1. The van der Waals surface area contributed by atoms with Crippen molar-refractivity contribution in [1.29, 1.82) is 0 Å². The summed E-state index contributed by atoms with van der Waals surface area (Å²) in [4.78, 5) is 8.85. The van der Waals surface area contributed by atoms with Gasteiger partial charge in [-0.1, -0.05) is 18.2 Å². The summed E-state index contributed by atoms with van der Waals surface area (Å²) in [6.45, 7) is 6.26. The molecule has 0 amide bonds. The van der Waals surface area contributed by atoms with E-state index in [1.165, 1.54) is 16.7 Å². The smallest absolute Gasteiger partial charge is 0.149 e. The second-order valence-corrected chi connectivity index (χ2v) is 4.63. The van der Waals surface area contributed by atoms with E-state index < -0.39 is 0 Å². The van der Waals surface area contributed by atoms with Crippen molar-refractivity contribution in [3.05, 3.63) is 58.7 Å². The maximum absolute atomic E-state index is 4.42. The Morgan fingerprint density at radius 3 is 2.33 bits per heavy atom. The zero-order chi connectivity index (χ0) is 13.1. The predicted molar refractivity (Wildman–Crippen MR) is 73.6 cm³/mol. The lowest BCUT2D eigenvalue weighted by Crippen LogP contribution is -2.21. The van der Waals surface area contributed by atoms with Crippen LogP contribution in [0, 0.1) is 20.8 Å². The van der Waals surface area contributed by atoms with Gasteiger partial charge in [-0.2, -0.15) is 0 Å². The van der Waals surface area contributed by atoms with Crippen molar-refractivity contribution in [1.82, 2.24) is 15.3 Å². The molecule has 0 radical (unpaired) electrons. The third-order valence-electron chi connectivity index (χ3n) is 3.31. The minimum atomic E-state index is 0.0468. The van der Waals surface area contributed by atoms with Crippen molar-refractivity contribution >= 4 is 0 Å². The minimum absolute atomic E-state index is 0.0468. The Labute approximate surface area is 108 Å². The number of nitrogens with zero attached hydrogens (tertiary/aromatic N) is 2. The summed E-state index contributed by atoms with van der Waals surface area (Å²) in [7, 11) is 1.94. The number of hydrogen-bond acceptors (Lipinski definition) is 3. The first-order valence-corrected chi connectivity index (χ1v) is 6.15. The van der Waals surface area contributed by atoms with Crippen LogP contribution in [0.15, 0.2) is 30.6 Å². The van der Waals surface area contributed by atoms with E-state index in [4.69, 9.17) is 0 Å². The summed E-state index contributed by atoms with van der Waals surface area (Å²) >= 11 is 0. The van der Waals surface area contributed by atoms with E-state index in [-0.39, 0.29) is 6.04 Å². The third kappa shape index (κ3) is 2.41. The third-order valence-corrected chi connectivity index (χ3v) is 3.31. The summed E-state index contributed by atoms with van der Waals surface area (Å²) in [6.07, 6.45) is 3.72. The fraction of sp³-hybridized carbons (Fsp3) is 0.333. The van der Waals surface area contributed by atoms with Gasteiger partial charge in [0.15, 0.2) is 0 Å². The molecule has 1 aromatic carbocycles.